The SMILES string of the molecule is CCCCCOc1c(OC)ccc2cc(C(=O)NCCc3ccc(OC)cc3)c(=O)[nH]c12. The van der Waals surface area contributed by atoms with Gasteiger partial charge in [0.15, 0.2) is 11.5 Å². The van der Waals surface area contributed by atoms with E-state index in [9.17, 15) is 9.59 Å². The number of fused-ring (bicyclic) bond motifs is 1. The average Bonchev–Trinajstić information content (AvgIpc) is 2.81. The minimum absolute atomic E-state index is 0.0642. The van der Waals surface area contributed by atoms with E-state index in [4.69, 9.17) is 14.2 Å². The number of amides is 1. The maximum Gasteiger partial charge on any atom is 0.261 e. The van der Waals surface area contributed by atoms with E-state index >= 15 is 0 Å². The van der Waals surface area contributed by atoms with Crippen molar-refractivity contribution in [2.24, 2.45) is 0 Å². The number of carbonyl (C=O) groups is 1. The number of unbranched alkanes of at least 4 members (excludes halogenated alkanes) is 2. The van der Waals surface area contributed by atoms with Gasteiger partial charge in [-0.3, -0.25) is 9.59 Å². The van der Waals surface area contributed by atoms with E-state index in [0.29, 0.717) is 42.0 Å². The van der Waals surface area contributed by atoms with Gasteiger partial charge >= 0.3 is 0 Å². The van der Waals surface area contributed by atoms with Gasteiger partial charge in [0.05, 0.1) is 26.3 Å². The standard InChI is InChI=1S/C25H30N2O5/c1-4-5-6-15-32-23-21(31-3)12-9-18-16-20(25(29)27-22(18)23)24(28)26-14-13-17-7-10-19(30-2)11-8-17/h7-12,16H,4-6,13-15H2,1-3H3,(H,26,28)(H,27,29). The number of benzene rings is 2. The third-order valence-corrected chi connectivity index (χ3v) is 5.25. The third-order valence-electron chi connectivity index (χ3n) is 5.25. The van der Waals surface area contributed by atoms with Crippen molar-refractivity contribution in [1.82, 2.24) is 10.3 Å². The van der Waals surface area contributed by atoms with Crippen molar-refractivity contribution in [3.05, 3.63) is 63.9 Å². The Morgan fingerprint density at radius 2 is 1.81 bits per heavy atom. The van der Waals surface area contributed by atoms with Crippen molar-refractivity contribution in [1.29, 1.82) is 0 Å². The van der Waals surface area contributed by atoms with Crippen LogP contribution in [0.4, 0.5) is 0 Å². The van der Waals surface area contributed by atoms with Crippen LogP contribution in [0.5, 0.6) is 17.2 Å². The number of hydrogen-bond donors (Lipinski definition) is 2. The summed E-state index contributed by atoms with van der Waals surface area (Å²) >= 11 is 0. The molecule has 170 valence electrons. The van der Waals surface area contributed by atoms with Gasteiger partial charge in [0, 0.05) is 11.9 Å². The van der Waals surface area contributed by atoms with E-state index < -0.39 is 11.5 Å². The first-order valence-corrected chi connectivity index (χ1v) is 10.8. The zero-order valence-corrected chi connectivity index (χ0v) is 18.8. The first kappa shape index (κ1) is 23.2. The highest BCUT2D eigenvalue weighted by atomic mass is 16.5. The number of methoxy groups -OCH3 is 2. The van der Waals surface area contributed by atoms with Crippen molar-refractivity contribution in [3.63, 3.8) is 0 Å². The molecule has 0 spiro atoms. The molecular weight excluding hydrogens is 408 g/mol. The zero-order valence-electron chi connectivity index (χ0n) is 18.8. The Kier molecular flexibility index (Phi) is 8.14. The molecule has 7 heteroatoms. The summed E-state index contributed by atoms with van der Waals surface area (Å²) in [5.74, 6) is 1.40. The van der Waals surface area contributed by atoms with Crippen LogP contribution < -0.4 is 25.1 Å². The molecule has 1 amide bonds. The smallest absolute Gasteiger partial charge is 0.261 e. The van der Waals surface area contributed by atoms with Crippen LogP contribution in [0.3, 0.4) is 0 Å². The largest absolute Gasteiger partial charge is 0.497 e. The predicted octanol–water partition coefficient (Wildman–Crippen LogP) is 4.09. The molecule has 0 bridgehead atoms. The van der Waals surface area contributed by atoms with Crippen LogP contribution in [0.1, 0.15) is 42.1 Å². The number of aromatic amines is 1. The summed E-state index contributed by atoms with van der Waals surface area (Å²) in [5.41, 5.74) is 1.19. The maximum absolute atomic E-state index is 12.7. The summed E-state index contributed by atoms with van der Waals surface area (Å²) < 4.78 is 16.5. The number of ether oxygens (including phenoxy) is 3. The molecule has 3 aromatic rings. The highest BCUT2D eigenvalue weighted by Gasteiger charge is 2.16. The van der Waals surface area contributed by atoms with Gasteiger partial charge in [-0.1, -0.05) is 31.9 Å². The quantitative estimate of drug-likeness (QED) is 0.440. The lowest BCUT2D eigenvalue weighted by Crippen LogP contribution is -2.31. The van der Waals surface area contributed by atoms with Gasteiger partial charge in [-0.2, -0.15) is 0 Å². The van der Waals surface area contributed by atoms with Crippen LogP contribution in [-0.4, -0.2) is 38.3 Å². The molecule has 0 saturated carbocycles. The summed E-state index contributed by atoms with van der Waals surface area (Å²) in [7, 11) is 3.18. The molecule has 0 aliphatic rings. The monoisotopic (exact) mass is 438 g/mol. The van der Waals surface area contributed by atoms with Crippen molar-refractivity contribution >= 4 is 16.8 Å². The highest BCUT2D eigenvalue weighted by molar-refractivity contribution is 5.98. The molecule has 0 aliphatic carbocycles. The van der Waals surface area contributed by atoms with Crippen LogP contribution in [0.2, 0.25) is 0 Å². The number of carbonyl (C=O) groups excluding carboxylic acids is 1. The molecule has 0 fully saturated rings. The van der Waals surface area contributed by atoms with E-state index in [-0.39, 0.29) is 5.56 Å². The van der Waals surface area contributed by atoms with Crippen LogP contribution in [-0.2, 0) is 6.42 Å². The molecule has 2 aromatic carbocycles. The first-order valence-electron chi connectivity index (χ1n) is 10.8. The van der Waals surface area contributed by atoms with Crippen molar-refractivity contribution in [3.8, 4) is 17.2 Å². The number of hydrogen-bond acceptors (Lipinski definition) is 5. The fraction of sp³-hybridized carbons (Fsp3) is 0.360. The Bertz CT molecular complexity index is 1110. The van der Waals surface area contributed by atoms with Gasteiger partial charge in [0.2, 0.25) is 0 Å². The second-order valence-corrected chi connectivity index (χ2v) is 7.48. The van der Waals surface area contributed by atoms with Crippen LogP contribution in [0.15, 0.2) is 47.3 Å². The Balaban J connectivity index is 1.74. The lowest BCUT2D eigenvalue weighted by atomic mass is 10.1. The van der Waals surface area contributed by atoms with Gasteiger partial charge in [-0.15, -0.1) is 0 Å². The second-order valence-electron chi connectivity index (χ2n) is 7.48. The summed E-state index contributed by atoms with van der Waals surface area (Å²) in [6, 6.07) is 12.8. The van der Waals surface area contributed by atoms with E-state index in [1.165, 1.54) is 0 Å². The Morgan fingerprint density at radius 3 is 2.50 bits per heavy atom. The normalized spacial score (nSPS) is 10.7. The zero-order chi connectivity index (χ0) is 22.9. The highest BCUT2D eigenvalue weighted by Crippen LogP contribution is 2.34. The number of aromatic nitrogens is 1. The van der Waals surface area contributed by atoms with Gasteiger partial charge in [-0.25, -0.2) is 0 Å². The summed E-state index contributed by atoms with van der Waals surface area (Å²) in [6.45, 7) is 3.07. The molecule has 3 rings (SSSR count). The Labute approximate surface area is 187 Å². The molecule has 0 saturated heterocycles. The molecule has 32 heavy (non-hydrogen) atoms. The predicted molar refractivity (Wildman–Crippen MR) is 125 cm³/mol. The lowest BCUT2D eigenvalue weighted by Gasteiger charge is -2.14. The fourth-order valence-electron chi connectivity index (χ4n) is 3.44. The topological polar surface area (TPSA) is 89.7 Å². The molecule has 0 radical (unpaired) electrons. The molecular formula is C25H30N2O5. The van der Waals surface area contributed by atoms with Gasteiger partial charge in [0.25, 0.3) is 11.5 Å². The van der Waals surface area contributed by atoms with Crippen LogP contribution >= 0.6 is 0 Å². The van der Waals surface area contributed by atoms with Gasteiger partial charge in [0.1, 0.15) is 11.3 Å². The first-order chi connectivity index (χ1) is 15.6. The minimum Gasteiger partial charge on any atom is -0.497 e. The Morgan fingerprint density at radius 1 is 1.03 bits per heavy atom. The molecule has 0 atom stereocenters. The number of pyridine rings is 1. The summed E-state index contributed by atoms with van der Waals surface area (Å²) in [5, 5.41) is 3.53. The minimum atomic E-state index is -0.467. The second kappa shape index (κ2) is 11.2. The number of H-pyrrole nitrogens is 1. The molecule has 0 aliphatic heterocycles. The molecule has 1 aromatic heterocycles. The van der Waals surface area contributed by atoms with E-state index in [1.54, 1.807) is 32.4 Å². The third kappa shape index (κ3) is 5.60. The van der Waals surface area contributed by atoms with Crippen molar-refractivity contribution in [2.45, 2.75) is 32.6 Å². The maximum atomic E-state index is 12.7. The van der Waals surface area contributed by atoms with E-state index in [2.05, 4.69) is 17.2 Å². The average molecular weight is 439 g/mol. The fourth-order valence-corrected chi connectivity index (χ4v) is 3.44. The molecule has 2 N–H and O–H groups in total. The number of rotatable bonds is 11. The van der Waals surface area contributed by atoms with Crippen molar-refractivity contribution in [2.75, 3.05) is 27.4 Å². The van der Waals surface area contributed by atoms with E-state index in [0.717, 1.165) is 30.6 Å². The van der Waals surface area contributed by atoms with Crippen molar-refractivity contribution < 1.29 is 19.0 Å². The van der Waals surface area contributed by atoms with Crippen LogP contribution in [0, 0.1) is 0 Å². The van der Waals surface area contributed by atoms with E-state index in [1.807, 2.05) is 24.3 Å². The van der Waals surface area contributed by atoms with Crippen LogP contribution in [0.25, 0.3) is 10.9 Å². The number of nitrogens with one attached hydrogen (secondary N) is 2. The molecule has 1 heterocycles. The lowest BCUT2D eigenvalue weighted by molar-refractivity contribution is 0.0953. The molecule has 7 nitrogen and oxygen atoms in total. The van der Waals surface area contributed by atoms with Gasteiger partial charge in [-0.05, 0) is 48.7 Å². The Hall–Kier alpha value is -3.48. The van der Waals surface area contributed by atoms with Gasteiger partial charge < -0.3 is 24.5 Å². The molecule has 0 unspecified atom stereocenters. The summed E-state index contributed by atoms with van der Waals surface area (Å²) in [6.07, 6.45) is 3.71. The summed E-state index contributed by atoms with van der Waals surface area (Å²) in [4.78, 5) is 28.1.